The summed E-state index contributed by atoms with van der Waals surface area (Å²) in [5.41, 5.74) is 2.55. The first kappa shape index (κ1) is 24.5. The van der Waals surface area contributed by atoms with Crippen LogP contribution in [0.3, 0.4) is 0 Å². The molecule has 36 heavy (non-hydrogen) atoms. The van der Waals surface area contributed by atoms with Crippen molar-refractivity contribution in [3.05, 3.63) is 78.5 Å². The molecule has 1 saturated carbocycles. The van der Waals surface area contributed by atoms with Gasteiger partial charge in [0, 0.05) is 37.8 Å². The van der Waals surface area contributed by atoms with Crippen LogP contribution in [0, 0.1) is 24.5 Å². The molecule has 1 N–H and O–H groups in total. The molecule has 1 aliphatic rings. The van der Waals surface area contributed by atoms with Crippen molar-refractivity contribution in [2.45, 2.75) is 38.6 Å². The van der Waals surface area contributed by atoms with Crippen LogP contribution in [0.2, 0.25) is 0 Å². The Morgan fingerprint density at radius 3 is 2.72 bits per heavy atom. The molecule has 5 rings (SSSR count). The van der Waals surface area contributed by atoms with Crippen LogP contribution in [0.1, 0.15) is 36.8 Å². The highest BCUT2D eigenvalue weighted by Crippen LogP contribution is 2.39. The molecule has 3 heterocycles. The number of benzene rings is 1. The minimum Gasteiger partial charge on any atom is -0.453 e. The number of rotatable bonds is 11. The Morgan fingerprint density at radius 1 is 1.11 bits per heavy atom. The monoisotopic (exact) mass is 505 g/mol. The molecule has 3 aromatic heterocycles. The minimum atomic E-state index is -1.10. The van der Waals surface area contributed by atoms with Crippen LogP contribution >= 0.6 is 11.3 Å². The van der Waals surface area contributed by atoms with Crippen molar-refractivity contribution in [2.75, 3.05) is 6.54 Å². The lowest BCUT2D eigenvalue weighted by Crippen LogP contribution is -2.13. The number of Topliss-reactive ketones (excluding diaryl/α,β-unsaturated/α-hetero) is 1. The Morgan fingerprint density at radius 2 is 1.97 bits per heavy atom. The number of ketones is 1. The van der Waals surface area contributed by atoms with E-state index in [0.29, 0.717) is 41.3 Å². The molecule has 0 unspecified atom stereocenters. The van der Waals surface area contributed by atoms with Gasteiger partial charge in [-0.3, -0.25) is 14.8 Å². The molecular formula is C28H25F2N3O2S. The molecule has 1 aromatic carbocycles. The number of thiophene rings is 1. The molecule has 1 fully saturated rings. The second-order valence-corrected chi connectivity index (χ2v) is 10.0. The normalized spacial score (nSPS) is 13.3. The zero-order chi connectivity index (χ0) is 25.1. The van der Waals surface area contributed by atoms with E-state index in [2.05, 4.69) is 15.3 Å². The first-order valence-corrected chi connectivity index (χ1v) is 12.7. The molecule has 0 atom stereocenters. The molecule has 0 amide bonds. The number of hydrogen-bond donors (Lipinski definition) is 1. The van der Waals surface area contributed by atoms with Gasteiger partial charge in [-0.2, -0.15) is 4.39 Å². The number of nitrogens with zero attached hydrogens (tertiary/aromatic N) is 2. The van der Waals surface area contributed by atoms with Crippen molar-refractivity contribution < 1.29 is 18.3 Å². The Bertz CT molecular complexity index is 1380. The van der Waals surface area contributed by atoms with Gasteiger partial charge in [0.25, 0.3) is 0 Å². The lowest BCUT2D eigenvalue weighted by Gasteiger charge is -2.10. The Labute approximate surface area is 212 Å². The number of hydrogen-bond acceptors (Lipinski definition) is 6. The molecular weight excluding hydrogens is 480 g/mol. The third-order valence-electron chi connectivity index (χ3n) is 6.05. The van der Waals surface area contributed by atoms with Crippen LogP contribution in [-0.2, 0) is 17.8 Å². The Kier molecular flexibility index (Phi) is 7.34. The molecule has 0 spiro atoms. The van der Waals surface area contributed by atoms with Crippen LogP contribution in [0.5, 0.6) is 11.5 Å². The minimum absolute atomic E-state index is 0.0523. The van der Waals surface area contributed by atoms with Crippen LogP contribution in [0.25, 0.3) is 20.8 Å². The van der Waals surface area contributed by atoms with Gasteiger partial charge >= 0.3 is 0 Å². The standard InChI is InChI=1S/C28H25F2N3O2S/c1-2-10-31-15-18-5-7-21(33-16-18)25-14-22-28(36-25)24(9-11-32-22)35-23-8-6-19(26(29)27(23)30)13-20(34)12-17-3-4-17/h1,5-9,11,14,16-17,31H,2-4,10,12-13,15H2. The van der Waals surface area contributed by atoms with Crippen LogP contribution in [-0.4, -0.2) is 22.3 Å². The summed E-state index contributed by atoms with van der Waals surface area (Å²) in [5.74, 6) is -1.67. The molecule has 4 aromatic rings. The highest BCUT2D eigenvalue weighted by molar-refractivity contribution is 7.22. The van der Waals surface area contributed by atoms with Gasteiger partial charge in [0.2, 0.25) is 5.82 Å². The van der Waals surface area contributed by atoms with E-state index in [1.165, 1.54) is 23.5 Å². The number of pyridine rings is 2. The molecule has 0 saturated heterocycles. The average molecular weight is 506 g/mol. The topological polar surface area (TPSA) is 64.1 Å². The summed E-state index contributed by atoms with van der Waals surface area (Å²) < 4.78 is 36.1. The Hall–Kier alpha value is -3.23. The van der Waals surface area contributed by atoms with Gasteiger partial charge in [0.15, 0.2) is 11.6 Å². The zero-order valence-electron chi connectivity index (χ0n) is 19.6. The number of halogens is 2. The summed E-state index contributed by atoms with van der Waals surface area (Å²) in [4.78, 5) is 21.9. The van der Waals surface area contributed by atoms with E-state index in [-0.39, 0.29) is 23.5 Å². The summed E-state index contributed by atoms with van der Waals surface area (Å²) >= 11 is 1.41. The van der Waals surface area contributed by atoms with E-state index < -0.39 is 11.6 Å². The van der Waals surface area contributed by atoms with Gasteiger partial charge in [-0.15, -0.1) is 11.3 Å². The van der Waals surface area contributed by atoms with E-state index in [9.17, 15) is 13.6 Å². The number of nitrogens with one attached hydrogen (secondary N) is 1. The second-order valence-electron chi connectivity index (χ2n) is 8.97. The molecule has 2 radical (unpaired) electrons. The smallest absolute Gasteiger partial charge is 0.201 e. The SMILES string of the molecule is [CH]CCNCc1ccc(-c2cc3nccc(Oc4ccc(CC(=O)CC5CC5)c(F)c4F)c3s2)nc1. The first-order chi connectivity index (χ1) is 17.5. The van der Waals surface area contributed by atoms with E-state index in [0.717, 1.165) is 35.5 Å². The largest absolute Gasteiger partial charge is 0.453 e. The highest BCUT2D eigenvalue weighted by Gasteiger charge is 2.25. The summed E-state index contributed by atoms with van der Waals surface area (Å²) in [6.45, 7) is 6.92. The third-order valence-corrected chi connectivity index (χ3v) is 7.21. The number of carbonyl (C=O) groups is 1. The van der Waals surface area contributed by atoms with Crippen LogP contribution in [0.4, 0.5) is 8.78 Å². The predicted molar refractivity (Wildman–Crippen MR) is 136 cm³/mol. The van der Waals surface area contributed by atoms with Crippen molar-refractivity contribution in [3.63, 3.8) is 0 Å². The fourth-order valence-corrected chi connectivity index (χ4v) is 5.01. The molecule has 184 valence electrons. The summed E-state index contributed by atoms with van der Waals surface area (Å²) in [6, 6.07) is 10.2. The maximum atomic E-state index is 14.8. The molecule has 8 heteroatoms. The lowest BCUT2D eigenvalue weighted by atomic mass is 10.0. The van der Waals surface area contributed by atoms with Crippen LogP contribution in [0.15, 0.2) is 48.8 Å². The van der Waals surface area contributed by atoms with E-state index >= 15 is 0 Å². The maximum Gasteiger partial charge on any atom is 0.201 e. The van der Waals surface area contributed by atoms with Gasteiger partial charge in [-0.05, 0) is 68.0 Å². The molecule has 0 aliphatic heterocycles. The number of ether oxygens (including phenoxy) is 1. The fraction of sp³-hybridized carbons (Fsp3) is 0.286. The average Bonchev–Trinajstić information content (AvgIpc) is 3.58. The second kappa shape index (κ2) is 10.8. The van der Waals surface area contributed by atoms with Gasteiger partial charge in [0.1, 0.15) is 11.5 Å². The van der Waals surface area contributed by atoms with Crippen molar-refractivity contribution in [1.29, 1.82) is 0 Å². The van der Waals surface area contributed by atoms with E-state index in [1.54, 1.807) is 12.3 Å². The van der Waals surface area contributed by atoms with Crippen LogP contribution < -0.4 is 10.1 Å². The predicted octanol–water partition coefficient (Wildman–Crippen LogP) is 6.53. The zero-order valence-corrected chi connectivity index (χ0v) is 20.4. The fourth-order valence-electron chi connectivity index (χ4n) is 3.97. The summed E-state index contributed by atoms with van der Waals surface area (Å²) in [5, 5.41) is 3.23. The van der Waals surface area contributed by atoms with Crippen molar-refractivity contribution in [1.82, 2.24) is 15.3 Å². The molecule has 1 aliphatic carbocycles. The van der Waals surface area contributed by atoms with Crippen molar-refractivity contribution >= 4 is 27.3 Å². The maximum absolute atomic E-state index is 14.8. The van der Waals surface area contributed by atoms with Gasteiger partial charge in [-0.25, -0.2) is 4.39 Å². The quantitative estimate of drug-likeness (QED) is 0.235. The van der Waals surface area contributed by atoms with Crippen molar-refractivity contribution in [2.24, 2.45) is 5.92 Å². The Balaban J connectivity index is 1.34. The summed E-state index contributed by atoms with van der Waals surface area (Å²) in [6.07, 6.45) is 6.34. The van der Waals surface area contributed by atoms with Crippen molar-refractivity contribution in [3.8, 4) is 22.1 Å². The molecule has 5 nitrogen and oxygen atoms in total. The van der Waals surface area contributed by atoms with Gasteiger partial charge < -0.3 is 10.1 Å². The summed E-state index contributed by atoms with van der Waals surface area (Å²) in [7, 11) is 0. The lowest BCUT2D eigenvalue weighted by molar-refractivity contribution is -0.118. The third kappa shape index (κ3) is 5.60. The first-order valence-electron chi connectivity index (χ1n) is 11.9. The van der Waals surface area contributed by atoms with Gasteiger partial charge in [-0.1, -0.05) is 12.1 Å². The van der Waals surface area contributed by atoms with E-state index in [4.69, 9.17) is 11.7 Å². The number of aromatic nitrogens is 2. The highest BCUT2D eigenvalue weighted by atomic mass is 32.1. The molecule has 0 bridgehead atoms. The van der Waals surface area contributed by atoms with Gasteiger partial charge in [0.05, 0.1) is 20.8 Å². The number of fused-ring (bicyclic) bond motifs is 1. The number of carbonyl (C=O) groups excluding carboxylic acids is 1. The van der Waals surface area contributed by atoms with E-state index in [1.807, 2.05) is 24.4 Å².